The van der Waals surface area contributed by atoms with Crippen LogP contribution in [0.4, 0.5) is 0 Å². The van der Waals surface area contributed by atoms with Gasteiger partial charge in [-0.3, -0.25) is 19.2 Å². The van der Waals surface area contributed by atoms with Gasteiger partial charge in [-0.15, -0.1) is 0 Å². The molecule has 0 unspecified atom stereocenters. The van der Waals surface area contributed by atoms with Crippen molar-refractivity contribution in [2.24, 2.45) is 5.73 Å². The van der Waals surface area contributed by atoms with Gasteiger partial charge < -0.3 is 51.4 Å². The van der Waals surface area contributed by atoms with Crippen LogP contribution in [0.2, 0.25) is 0 Å². The van der Waals surface area contributed by atoms with E-state index in [1.807, 2.05) is 52.0 Å². The molecule has 5 heterocycles. The number of amides is 1. The summed E-state index contributed by atoms with van der Waals surface area (Å²) in [6.07, 6.45) is 3.38. The number of H-pyrrole nitrogens is 4. The standard InChI is InChI=1S/C38H46N6O8/c1-16-12-30-33(37(51)36(21(6)46)44-38(52)34(39)20(5)45)35-17(2)11-22(40-35)13-26-18(3)23(7-9-31(47)48)28(42-26)15-29-24(8-10-32(49)50)19(4)27(43-29)14-25(16)41-30/h11-15,20-21,34,36,40-43,45-46H,7-10,39H2,1-6H3,(H,44,52)(H,47,48)(H,49,50)/t20-,21-,34+,36+/m1/s1. The van der Waals surface area contributed by atoms with E-state index in [2.05, 4.69) is 25.3 Å². The Morgan fingerprint density at radius 1 is 0.731 bits per heavy atom. The summed E-state index contributed by atoms with van der Waals surface area (Å²) in [6, 6.07) is 0.900. The number of aryl methyl sites for hydroxylation is 2. The third-order valence-corrected chi connectivity index (χ3v) is 9.70. The van der Waals surface area contributed by atoms with Gasteiger partial charge in [0.1, 0.15) is 12.1 Å². The molecule has 14 nitrogen and oxygen atoms in total. The number of carbonyl (C=O) groups is 4. The summed E-state index contributed by atoms with van der Waals surface area (Å²) in [4.78, 5) is 64.4. The van der Waals surface area contributed by atoms with Crippen LogP contribution in [-0.2, 0) is 32.0 Å². The van der Waals surface area contributed by atoms with Gasteiger partial charge in [0.15, 0.2) is 5.78 Å². The number of aliphatic hydroxyl groups is 2. The number of fused-ring (bicyclic) bond motifs is 8. The lowest BCUT2D eigenvalue weighted by atomic mass is 9.96. The molecule has 4 aromatic heterocycles. The fourth-order valence-electron chi connectivity index (χ4n) is 6.65. The number of rotatable bonds is 12. The number of aromatic amines is 4. The van der Waals surface area contributed by atoms with Crippen LogP contribution in [0.3, 0.4) is 0 Å². The van der Waals surface area contributed by atoms with E-state index >= 15 is 0 Å². The first-order valence-corrected chi connectivity index (χ1v) is 17.1. The highest BCUT2D eigenvalue weighted by molar-refractivity contribution is 6.23. The monoisotopic (exact) mass is 714 g/mol. The van der Waals surface area contributed by atoms with E-state index < -0.39 is 47.9 Å². The van der Waals surface area contributed by atoms with E-state index in [4.69, 9.17) is 5.73 Å². The molecule has 5 rings (SSSR count). The summed E-state index contributed by atoms with van der Waals surface area (Å²) in [6.45, 7) is 10.2. The summed E-state index contributed by atoms with van der Waals surface area (Å²) >= 11 is 0. The zero-order valence-corrected chi connectivity index (χ0v) is 30.0. The molecule has 8 bridgehead atoms. The maximum atomic E-state index is 14.5. The van der Waals surface area contributed by atoms with Gasteiger partial charge in [0.2, 0.25) is 5.91 Å². The number of nitrogens with one attached hydrogen (secondary N) is 5. The number of hydrogen-bond acceptors (Lipinski definition) is 7. The van der Waals surface area contributed by atoms with E-state index in [1.165, 1.54) is 13.8 Å². The maximum Gasteiger partial charge on any atom is 0.303 e. The van der Waals surface area contributed by atoms with Crippen molar-refractivity contribution in [1.29, 1.82) is 0 Å². The van der Waals surface area contributed by atoms with E-state index in [0.717, 1.165) is 27.8 Å². The SMILES string of the molecule is Cc1cc2[nH]c1C=c1[nH]c(c(CCC(=O)O)c1C)=Cc1[nH]c(c(C)c1CCC(=O)O)C=c1cc(C)c([nH]1)=C2C(=O)[C@@H](NC(=O)[C@@H](N)[C@@H](C)O)[C@@H](C)O. The largest absolute Gasteiger partial charge is 0.481 e. The zero-order valence-electron chi connectivity index (χ0n) is 30.0. The number of Topliss-reactive ketones (excluding diaryl/α,β-unsaturated/α-hetero) is 1. The first-order chi connectivity index (χ1) is 24.5. The average Bonchev–Trinajstić information content (AvgIpc) is 3.77. The van der Waals surface area contributed by atoms with Crippen LogP contribution < -0.4 is 32.4 Å². The molecule has 0 fully saturated rings. The summed E-state index contributed by atoms with van der Waals surface area (Å²) in [5.41, 5.74) is 13.2. The number of carbonyl (C=O) groups excluding carboxylic acids is 2. The zero-order chi connectivity index (χ0) is 38.2. The molecule has 14 heteroatoms. The lowest BCUT2D eigenvalue weighted by molar-refractivity contribution is -0.138. The number of ketones is 1. The summed E-state index contributed by atoms with van der Waals surface area (Å²) < 4.78 is 0. The third kappa shape index (κ3) is 7.73. The van der Waals surface area contributed by atoms with Crippen molar-refractivity contribution >= 4 is 47.4 Å². The topological polar surface area (TPSA) is 250 Å². The lowest BCUT2D eigenvalue weighted by Gasteiger charge is -2.24. The second-order valence-corrected chi connectivity index (χ2v) is 13.6. The Morgan fingerprint density at radius 3 is 1.98 bits per heavy atom. The Bertz CT molecular complexity index is 2320. The van der Waals surface area contributed by atoms with Gasteiger partial charge in [-0.05, 0) is 118 Å². The molecule has 0 aromatic carbocycles. The molecule has 0 radical (unpaired) electrons. The summed E-state index contributed by atoms with van der Waals surface area (Å²) in [7, 11) is 0. The van der Waals surface area contributed by atoms with E-state index in [0.29, 0.717) is 49.7 Å². The van der Waals surface area contributed by atoms with Gasteiger partial charge in [-0.2, -0.15) is 0 Å². The highest BCUT2D eigenvalue weighted by Gasteiger charge is 2.33. The molecule has 1 aliphatic rings. The smallest absolute Gasteiger partial charge is 0.303 e. The van der Waals surface area contributed by atoms with E-state index in [9.17, 15) is 39.6 Å². The van der Waals surface area contributed by atoms with Crippen LogP contribution in [0, 0.1) is 27.7 Å². The number of carboxylic acid groups (broad SMARTS) is 2. The molecular weight excluding hydrogens is 668 g/mol. The number of carboxylic acids is 2. The normalized spacial score (nSPS) is 14.8. The number of aromatic nitrogens is 4. The number of aliphatic carboxylic acids is 2. The van der Waals surface area contributed by atoms with Gasteiger partial charge in [-0.1, -0.05) is 0 Å². The number of aliphatic hydroxyl groups excluding tert-OH is 2. The first kappa shape index (κ1) is 37.8. The molecule has 4 atom stereocenters. The molecule has 0 saturated carbocycles. The van der Waals surface area contributed by atoms with Crippen molar-refractivity contribution in [2.75, 3.05) is 0 Å². The highest BCUT2D eigenvalue weighted by atomic mass is 16.4. The van der Waals surface area contributed by atoms with Crippen molar-refractivity contribution in [3.63, 3.8) is 0 Å². The van der Waals surface area contributed by atoms with Gasteiger partial charge in [-0.25, -0.2) is 0 Å². The van der Waals surface area contributed by atoms with Crippen LogP contribution in [0.15, 0.2) is 12.1 Å². The van der Waals surface area contributed by atoms with Gasteiger partial charge in [0.25, 0.3) is 0 Å². The van der Waals surface area contributed by atoms with E-state index in [-0.39, 0.29) is 31.3 Å². The molecule has 0 spiro atoms. The Balaban J connectivity index is 1.85. The second kappa shape index (κ2) is 15.0. The Hall–Kier alpha value is -5.44. The minimum Gasteiger partial charge on any atom is -0.481 e. The quantitative estimate of drug-likeness (QED) is 0.0899. The Labute approximate surface area is 298 Å². The Kier molecular flexibility index (Phi) is 10.9. The van der Waals surface area contributed by atoms with Crippen LogP contribution in [0.25, 0.3) is 23.8 Å². The molecule has 4 aromatic rings. The number of nitrogens with two attached hydrogens (primary N) is 1. The maximum absolute atomic E-state index is 14.5. The third-order valence-electron chi connectivity index (χ3n) is 9.70. The van der Waals surface area contributed by atoms with Crippen LogP contribution in [-0.4, -0.2) is 88.3 Å². The molecule has 11 N–H and O–H groups in total. The van der Waals surface area contributed by atoms with Gasteiger partial charge in [0, 0.05) is 46.0 Å². The molecular formula is C38H46N6O8. The minimum absolute atomic E-state index is 0.100. The molecule has 0 aliphatic carbocycles. The van der Waals surface area contributed by atoms with Gasteiger partial charge in [0.05, 0.1) is 28.8 Å². The average molecular weight is 715 g/mol. The molecule has 0 saturated heterocycles. The molecule has 52 heavy (non-hydrogen) atoms. The fourth-order valence-corrected chi connectivity index (χ4v) is 6.65. The molecule has 1 aliphatic heterocycles. The van der Waals surface area contributed by atoms with Gasteiger partial charge >= 0.3 is 11.9 Å². The predicted octanol–water partition coefficient (Wildman–Crippen LogP) is -0.591. The summed E-state index contributed by atoms with van der Waals surface area (Å²) in [5, 5.41) is 44.8. The van der Waals surface area contributed by atoms with Crippen molar-refractivity contribution < 1.29 is 39.6 Å². The van der Waals surface area contributed by atoms with Crippen molar-refractivity contribution in [1.82, 2.24) is 25.3 Å². The fraction of sp³-hybridized carbons (Fsp3) is 0.368. The predicted molar refractivity (Wildman–Crippen MR) is 194 cm³/mol. The Morgan fingerprint density at radius 2 is 1.37 bits per heavy atom. The van der Waals surface area contributed by atoms with Crippen LogP contribution >= 0.6 is 0 Å². The van der Waals surface area contributed by atoms with Crippen molar-refractivity contribution in [2.45, 2.75) is 91.5 Å². The summed E-state index contributed by atoms with van der Waals surface area (Å²) in [5.74, 6) is -3.29. The van der Waals surface area contributed by atoms with Crippen LogP contribution in [0.1, 0.15) is 82.8 Å². The number of hydrogen-bond donors (Lipinski definition) is 10. The first-order valence-electron chi connectivity index (χ1n) is 17.1. The van der Waals surface area contributed by atoms with Crippen LogP contribution in [0.5, 0.6) is 0 Å². The second-order valence-electron chi connectivity index (χ2n) is 13.6. The molecule has 276 valence electrons. The van der Waals surface area contributed by atoms with Crippen molar-refractivity contribution in [3.8, 4) is 0 Å². The van der Waals surface area contributed by atoms with Crippen molar-refractivity contribution in [3.05, 3.63) is 89.7 Å². The minimum atomic E-state index is -1.42. The lowest BCUT2D eigenvalue weighted by Crippen LogP contribution is -2.55. The molecule has 1 amide bonds. The van der Waals surface area contributed by atoms with E-state index in [1.54, 1.807) is 6.07 Å². The highest BCUT2D eigenvalue weighted by Crippen LogP contribution is 2.23.